The molecule has 28 heavy (non-hydrogen) atoms. The lowest BCUT2D eigenvalue weighted by molar-refractivity contribution is -0.138. The van der Waals surface area contributed by atoms with Gasteiger partial charge < -0.3 is 4.42 Å². The van der Waals surface area contributed by atoms with Crippen LogP contribution in [0.5, 0.6) is 0 Å². The van der Waals surface area contributed by atoms with E-state index in [0.29, 0.717) is 11.4 Å². The Morgan fingerprint density at radius 2 is 1.89 bits per heavy atom. The molecule has 0 amide bonds. The van der Waals surface area contributed by atoms with Gasteiger partial charge in [0.05, 0.1) is 5.56 Å². The Morgan fingerprint density at radius 1 is 1.18 bits per heavy atom. The van der Waals surface area contributed by atoms with Crippen LogP contribution in [0.4, 0.5) is 13.2 Å². The zero-order valence-corrected chi connectivity index (χ0v) is 17.2. The van der Waals surface area contributed by atoms with Gasteiger partial charge in [-0.05, 0) is 75.2 Å². The summed E-state index contributed by atoms with van der Waals surface area (Å²) in [5.41, 5.74) is 1.90. The highest BCUT2D eigenvalue weighted by molar-refractivity contribution is 9.10. The molecule has 1 aromatic heterocycles. The zero-order chi connectivity index (χ0) is 20.1. The summed E-state index contributed by atoms with van der Waals surface area (Å²) in [4.78, 5) is 6.60. The molecule has 1 atom stereocenters. The van der Waals surface area contributed by atoms with Gasteiger partial charge in [-0.3, -0.25) is 4.90 Å². The van der Waals surface area contributed by atoms with E-state index in [0.717, 1.165) is 47.6 Å². The quantitative estimate of drug-likeness (QED) is 0.440. The van der Waals surface area contributed by atoms with Crippen molar-refractivity contribution in [2.75, 3.05) is 13.1 Å². The highest BCUT2D eigenvalue weighted by Gasteiger charge is 2.37. The van der Waals surface area contributed by atoms with Gasteiger partial charge in [-0.2, -0.15) is 13.2 Å². The molecule has 0 bridgehead atoms. The van der Waals surface area contributed by atoms with Crippen LogP contribution in [0.15, 0.2) is 39.2 Å². The minimum absolute atomic E-state index is 0.152. The zero-order valence-electron chi connectivity index (χ0n) is 15.6. The number of hydrogen-bond donors (Lipinski definition) is 0. The van der Waals surface area contributed by atoms with Gasteiger partial charge in [0, 0.05) is 16.1 Å². The molecule has 2 heterocycles. The van der Waals surface area contributed by atoms with Crippen molar-refractivity contribution in [3.05, 3.63) is 51.5 Å². The van der Waals surface area contributed by atoms with Gasteiger partial charge in [-0.25, -0.2) is 4.98 Å². The topological polar surface area (TPSA) is 29.3 Å². The summed E-state index contributed by atoms with van der Waals surface area (Å²) in [5, 5.41) is 0. The number of halogens is 4. The van der Waals surface area contributed by atoms with Crippen LogP contribution < -0.4 is 0 Å². The van der Waals surface area contributed by atoms with Gasteiger partial charge in [0.1, 0.15) is 5.52 Å². The second kappa shape index (κ2) is 7.19. The number of nitrogens with zero attached hydrogens (tertiary/aromatic N) is 2. The second-order valence-corrected chi connectivity index (χ2v) is 8.11. The third-order valence-electron chi connectivity index (χ3n) is 5.50. The molecule has 3 nitrogen and oxygen atoms in total. The first kappa shape index (κ1) is 19.5. The molecule has 148 valence electrons. The molecule has 2 aromatic carbocycles. The van der Waals surface area contributed by atoms with Crippen molar-refractivity contribution in [2.24, 2.45) is 0 Å². The maximum atomic E-state index is 13.8. The summed E-state index contributed by atoms with van der Waals surface area (Å²) in [6.07, 6.45) is -2.41. The van der Waals surface area contributed by atoms with Crippen LogP contribution >= 0.6 is 15.9 Å². The SMILES string of the molecule is Cc1c(Br)cccc1-c1nc2cc(C(C)N3CCCC3)c(C(F)(F)F)cc2o1. The number of oxazole rings is 1. The van der Waals surface area contributed by atoms with Crippen molar-refractivity contribution in [3.63, 3.8) is 0 Å². The molecular formula is C21H20BrF3N2O. The van der Waals surface area contributed by atoms with E-state index in [-0.39, 0.29) is 17.2 Å². The van der Waals surface area contributed by atoms with Crippen LogP contribution in [0.3, 0.4) is 0 Å². The molecule has 0 aliphatic carbocycles. The highest BCUT2D eigenvalue weighted by atomic mass is 79.9. The van der Waals surface area contributed by atoms with Crippen molar-refractivity contribution in [1.82, 2.24) is 9.88 Å². The fourth-order valence-corrected chi connectivity index (χ4v) is 4.23. The predicted octanol–water partition coefficient (Wildman–Crippen LogP) is 6.74. The highest BCUT2D eigenvalue weighted by Crippen LogP contribution is 2.40. The lowest BCUT2D eigenvalue weighted by Crippen LogP contribution is -2.25. The summed E-state index contributed by atoms with van der Waals surface area (Å²) in [5.74, 6) is 0.327. The minimum Gasteiger partial charge on any atom is -0.436 e. The average molecular weight is 453 g/mol. The maximum Gasteiger partial charge on any atom is 0.416 e. The van der Waals surface area contributed by atoms with Crippen molar-refractivity contribution in [1.29, 1.82) is 0 Å². The second-order valence-electron chi connectivity index (χ2n) is 7.26. The summed E-state index contributed by atoms with van der Waals surface area (Å²) in [6.45, 7) is 5.38. The Balaban J connectivity index is 1.86. The van der Waals surface area contributed by atoms with Gasteiger partial charge in [0.25, 0.3) is 0 Å². The molecule has 1 saturated heterocycles. The van der Waals surface area contributed by atoms with Crippen LogP contribution in [0.1, 0.15) is 42.5 Å². The Bertz CT molecular complexity index is 1020. The lowest BCUT2D eigenvalue weighted by atomic mass is 9.99. The number of alkyl halides is 3. The lowest BCUT2D eigenvalue weighted by Gasteiger charge is -2.26. The molecule has 7 heteroatoms. The Hall–Kier alpha value is -1.86. The first-order chi connectivity index (χ1) is 13.3. The van der Waals surface area contributed by atoms with E-state index < -0.39 is 11.7 Å². The average Bonchev–Trinajstić information content (AvgIpc) is 3.30. The van der Waals surface area contributed by atoms with E-state index in [1.165, 1.54) is 0 Å². The van der Waals surface area contributed by atoms with E-state index in [1.807, 2.05) is 32.0 Å². The van der Waals surface area contributed by atoms with Gasteiger partial charge in [-0.1, -0.05) is 22.0 Å². The first-order valence-electron chi connectivity index (χ1n) is 9.27. The third-order valence-corrected chi connectivity index (χ3v) is 6.36. The van der Waals surface area contributed by atoms with E-state index in [2.05, 4.69) is 25.8 Å². The fraction of sp³-hybridized carbons (Fsp3) is 0.381. The van der Waals surface area contributed by atoms with Crippen LogP contribution in [0.2, 0.25) is 0 Å². The van der Waals surface area contributed by atoms with Gasteiger partial charge in [-0.15, -0.1) is 0 Å². The van der Waals surface area contributed by atoms with Crippen molar-refractivity contribution in [2.45, 2.75) is 38.9 Å². The monoisotopic (exact) mass is 452 g/mol. The van der Waals surface area contributed by atoms with E-state index in [4.69, 9.17) is 4.42 Å². The molecule has 1 aliphatic heterocycles. The summed E-state index contributed by atoms with van der Waals surface area (Å²) < 4.78 is 48.0. The van der Waals surface area contributed by atoms with Crippen molar-refractivity contribution in [3.8, 4) is 11.5 Å². The number of hydrogen-bond acceptors (Lipinski definition) is 3. The van der Waals surface area contributed by atoms with E-state index >= 15 is 0 Å². The van der Waals surface area contributed by atoms with Crippen molar-refractivity contribution < 1.29 is 17.6 Å². The summed E-state index contributed by atoms with van der Waals surface area (Å²) in [7, 11) is 0. The molecule has 0 N–H and O–H groups in total. The summed E-state index contributed by atoms with van der Waals surface area (Å²) in [6, 6.07) is 7.92. The summed E-state index contributed by atoms with van der Waals surface area (Å²) >= 11 is 3.47. The van der Waals surface area contributed by atoms with Gasteiger partial charge >= 0.3 is 6.18 Å². The predicted molar refractivity (Wildman–Crippen MR) is 106 cm³/mol. The molecule has 1 unspecified atom stereocenters. The van der Waals surface area contributed by atoms with Crippen LogP contribution in [-0.2, 0) is 6.18 Å². The molecule has 4 rings (SSSR count). The fourth-order valence-electron chi connectivity index (χ4n) is 3.86. The van der Waals surface area contributed by atoms with E-state index in [1.54, 1.807) is 6.07 Å². The van der Waals surface area contributed by atoms with Crippen LogP contribution in [-0.4, -0.2) is 23.0 Å². The third kappa shape index (κ3) is 3.46. The van der Waals surface area contributed by atoms with Gasteiger partial charge in [0.15, 0.2) is 5.58 Å². The Morgan fingerprint density at radius 3 is 2.57 bits per heavy atom. The molecule has 1 aliphatic rings. The molecule has 0 spiro atoms. The standard InChI is InChI=1S/C21H20BrF3N2O/c1-12-14(6-5-7-17(12)22)20-26-18-10-15(13(2)27-8-3-4-9-27)16(21(23,24)25)11-19(18)28-20/h5-7,10-11,13H,3-4,8-9H2,1-2H3. The smallest absolute Gasteiger partial charge is 0.416 e. The first-order valence-corrected chi connectivity index (χ1v) is 10.1. The molecule has 1 fully saturated rings. The molecule has 0 radical (unpaired) electrons. The van der Waals surface area contributed by atoms with Gasteiger partial charge in [0.2, 0.25) is 5.89 Å². The maximum absolute atomic E-state index is 13.8. The number of fused-ring (bicyclic) bond motifs is 1. The number of aromatic nitrogens is 1. The molecule has 3 aromatic rings. The number of benzene rings is 2. The van der Waals surface area contributed by atoms with Crippen molar-refractivity contribution >= 4 is 27.0 Å². The van der Waals surface area contributed by atoms with E-state index in [9.17, 15) is 13.2 Å². The van der Waals surface area contributed by atoms with Crippen LogP contribution in [0, 0.1) is 6.92 Å². The largest absolute Gasteiger partial charge is 0.436 e. The number of likely N-dealkylation sites (tertiary alicyclic amines) is 1. The normalized spacial score (nSPS) is 16.8. The Labute approximate surface area is 169 Å². The number of rotatable bonds is 3. The Kier molecular flexibility index (Phi) is 5.00. The molecular weight excluding hydrogens is 433 g/mol. The van der Waals surface area contributed by atoms with Crippen LogP contribution in [0.25, 0.3) is 22.6 Å². The molecule has 0 saturated carbocycles. The minimum atomic E-state index is -4.45.